The number of nitrogens with zero attached hydrogens (tertiary/aromatic N) is 4. The van der Waals surface area contributed by atoms with E-state index in [0.717, 1.165) is 26.1 Å². The van der Waals surface area contributed by atoms with Crippen molar-refractivity contribution < 1.29 is 9.53 Å². The zero-order chi connectivity index (χ0) is 24.9. The fraction of sp³-hybridized carbons (Fsp3) is 0.346. The first-order valence-corrected chi connectivity index (χ1v) is 12.3. The first kappa shape index (κ1) is 24.7. The number of amides is 2. The van der Waals surface area contributed by atoms with Gasteiger partial charge in [0.25, 0.3) is 5.88 Å². The number of benzene rings is 2. The number of ether oxygens (including phenoxy) is 1. The number of rotatable bonds is 7. The lowest BCUT2D eigenvalue weighted by molar-refractivity contribution is 0.247. The summed E-state index contributed by atoms with van der Waals surface area (Å²) in [5.41, 5.74) is 3.31. The van der Waals surface area contributed by atoms with Crippen molar-refractivity contribution in [1.29, 1.82) is 5.26 Å². The van der Waals surface area contributed by atoms with Crippen molar-refractivity contribution in [2.45, 2.75) is 32.2 Å². The quantitative estimate of drug-likeness (QED) is 0.494. The fourth-order valence-electron chi connectivity index (χ4n) is 4.62. The highest BCUT2D eigenvalue weighted by atomic mass is 31.0. The van der Waals surface area contributed by atoms with Gasteiger partial charge in [0, 0.05) is 19.0 Å². The lowest BCUT2D eigenvalue weighted by atomic mass is 9.93. The topological polar surface area (TPSA) is 95.2 Å². The van der Waals surface area contributed by atoms with Gasteiger partial charge in [0.1, 0.15) is 6.07 Å². The van der Waals surface area contributed by atoms with Gasteiger partial charge in [-0.05, 0) is 48.5 Å². The van der Waals surface area contributed by atoms with Crippen molar-refractivity contribution in [2.75, 3.05) is 32.1 Å². The van der Waals surface area contributed by atoms with Crippen LogP contribution in [0.3, 0.4) is 0 Å². The first-order chi connectivity index (χ1) is 16.9. The molecule has 0 spiro atoms. The summed E-state index contributed by atoms with van der Waals surface area (Å²) in [6.07, 6.45) is 1.05. The second kappa shape index (κ2) is 10.9. The van der Waals surface area contributed by atoms with E-state index < -0.39 is 0 Å². The van der Waals surface area contributed by atoms with Gasteiger partial charge < -0.3 is 15.0 Å². The number of hydrogen-bond donors (Lipinski definition) is 2. The summed E-state index contributed by atoms with van der Waals surface area (Å²) in [6.45, 7) is 6.89. The number of urea groups is 1. The van der Waals surface area contributed by atoms with E-state index in [0.29, 0.717) is 5.69 Å². The Bertz CT molecular complexity index is 1240. The Morgan fingerprint density at radius 1 is 1.26 bits per heavy atom. The molecule has 3 aromatic rings. The number of anilines is 1. The summed E-state index contributed by atoms with van der Waals surface area (Å²) >= 11 is 0. The van der Waals surface area contributed by atoms with Crippen LogP contribution in [0, 0.1) is 18.3 Å². The Kier molecular flexibility index (Phi) is 7.70. The third kappa shape index (κ3) is 5.32. The van der Waals surface area contributed by atoms with Crippen LogP contribution in [-0.4, -0.2) is 53.5 Å². The van der Waals surface area contributed by atoms with Crippen molar-refractivity contribution in [3.63, 3.8) is 0 Å². The molecule has 1 saturated heterocycles. The number of likely N-dealkylation sites (tertiary alicyclic amines) is 1. The van der Waals surface area contributed by atoms with Gasteiger partial charge in [-0.3, -0.25) is 5.32 Å². The number of methoxy groups -OCH3 is 1. The second-order valence-electron chi connectivity index (χ2n) is 8.78. The highest BCUT2D eigenvalue weighted by Crippen LogP contribution is 2.30. The Balaban J connectivity index is 1.60. The third-order valence-corrected chi connectivity index (χ3v) is 7.01. The monoisotopic (exact) mass is 490 g/mol. The summed E-state index contributed by atoms with van der Waals surface area (Å²) in [7, 11) is 4.22. The average molecular weight is 491 g/mol. The molecule has 8 nitrogen and oxygen atoms in total. The summed E-state index contributed by atoms with van der Waals surface area (Å²) < 4.78 is 6.82. The Morgan fingerprint density at radius 2 is 2.03 bits per heavy atom. The van der Waals surface area contributed by atoms with Gasteiger partial charge in [0.05, 0.1) is 18.8 Å². The summed E-state index contributed by atoms with van der Waals surface area (Å²) in [4.78, 5) is 15.6. The van der Waals surface area contributed by atoms with E-state index in [1.807, 2.05) is 30.3 Å². The van der Waals surface area contributed by atoms with Crippen LogP contribution < -0.4 is 20.7 Å². The predicted molar refractivity (Wildman–Crippen MR) is 141 cm³/mol. The SMILES string of the molecule is CCCN1CC(c2ccc(P)c(C)c2)[C@H](NC(=O)Nc2c(C#N)c(OC)nn2-c2ccccc2)C1. The van der Waals surface area contributed by atoms with E-state index in [1.165, 1.54) is 28.2 Å². The molecule has 2 aromatic carbocycles. The molecule has 2 N–H and O–H groups in total. The largest absolute Gasteiger partial charge is 0.479 e. The molecule has 0 radical (unpaired) electrons. The molecule has 9 heteroatoms. The maximum Gasteiger partial charge on any atom is 0.320 e. The molecule has 1 aliphatic heterocycles. The van der Waals surface area contributed by atoms with Crippen LogP contribution in [0.5, 0.6) is 5.88 Å². The summed E-state index contributed by atoms with van der Waals surface area (Å²) in [6, 6.07) is 17.5. The smallest absolute Gasteiger partial charge is 0.320 e. The molecule has 1 aromatic heterocycles. The molecule has 1 aliphatic rings. The minimum absolute atomic E-state index is 0.0724. The van der Waals surface area contributed by atoms with Crippen LogP contribution in [0.15, 0.2) is 48.5 Å². The molecule has 0 saturated carbocycles. The van der Waals surface area contributed by atoms with Crippen molar-refractivity contribution in [3.8, 4) is 17.6 Å². The molecule has 2 unspecified atom stereocenters. The standard InChI is InChI=1S/C26H31N6O2P/c1-4-12-31-15-21(18-10-11-23(35)17(2)13-18)22(16-31)28-26(33)29-24-20(14-27)25(34-3)30-32(24)19-8-6-5-7-9-19/h5-11,13,21-22H,4,12,15-16,35H2,1-3H3,(H2,28,29,33)/t21?,22-/m1/s1. The number of aromatic nitrogens is 2. The van der Waals surface area contributed by atoms with Crippen LogP contribution in [0.2, 0.25) is 0 Å². The van der Waals surface area contributed by atoms with Gasteiger partial charge in [0.15, 0.2) is 11.4 Å². The van der Waals surface area contributed by atoms with Crippen LogP contribution >= 0.6 is 9.24 Å². The number of carbonyl (C=O) groups is 1. The molecular weight excluding hydrogens is 459 g/mol. The molecule has 0 bridgehead atoms. The molecule has 2 amide bonds. The average Bonchev–Trinajstić information content (AvgIpc) is 3.42. The lowest BCUT2D eigenvalue weighted by Gasteiger charge is -2.21. The molecule has 4 rings (SSSR count). The predicted octanol–water partition coefficient (Wildman–Crippen LogP) is 3.56. The van der Waals surface area contributed by atoms with Gasteiger partial charge >= 0.3 is 6.03 Å². The highest BCUT2D eigenvalue weighted by Gasteiger charge is 2.35. The lowest BCUT2D eigenvalue weighted by Crippen LogP contribution is -2.42. The van der Waals surface area contributed by atoms with E-state index in [-0.39, 0.29) is 35.3 Å². The van der Waals surface area contributed by atoms with Gasteiger partial charge in [-0.15, -0.1) is 14.3 Å². The zero-order valence-electron chi connectivity index (χ0n) is 20.3. The molecule has 0 aliphatic carbocycles. The summed E-state index contributed by atoms with van der Waals surface area (Å²) in [5.74, 6) is 0.601. The Labute approximate surface area is 208 Å². The second-order valence-corrected chi connectivity index (χ2v) is 9.40. The van der Waals surface area contributed by atoms with Gasteiger partial charge in [-0.25, -0.2) is 9.48 Å². The molecule has 1 fully saturated rings. The third-order valence-electron chi connectivity index (χ3n) is 6.36. The zero-order valence-corrected chi connectivity index (χ0v) is 21.4. The van der Waals surface area contributed by atoms with E-state index in [9.17, 15) is 10.1 Å². The number of nitrogens with one attached hydrogen (secondary N) is 2. The van der Waals surface area contributed by atoms with Crippen molar-refractivity contribution in [2.24, 2.45) is 0 Å². The minimum Gasteiger partial charge on any atom is -0.479 e. The van der Waals surface area contributed by atoms with Crippen molar-refractivity contribution >= 4 is 26.4 Å². The normalized spacial score (nSPS) is 17.7. The van der Waals surface area contributed by atoms with E-state index in [4.69, 9.17) is 4.74 Å². The number of para-hydroxylation sites is 1. The van der Waals surface area contributed by atoms with Crippen LogP contribution in [0.1, 0.15) is 36.0 Å². The summed E-state index contributed by atoms with van der Waals surface area (Å²) in [5, 5.41) is 21.4. The highest BCUT2D eigenvalue weighted by molar-refractivity contribution is 7.27. The Hall–Kier alpha value is -3.40. The molecule has 35 heavy (non-hydrogen) atoms. The van der Waals surface area contributed by atoms with Gasteiger partial charge in [-0.2, -0.15) is 5.26 Å². The fourth-order valence-corrected chi connectivity index (χ4v) is 4.80. The number of carbonyl (C=O) groups excluding carboxylic acids is 1. The maximum absolute atomic E-state index is 13.2. The van der Waals surface area contributed by atoms with Gasteiger partial charge in [0.2, 0.25) is 0 Å². The molecule has 182 valence electrons. The van der Waals surface area contributed by atoms with E-state index in [1.54, 1.807) is 0 Å². The molecular formula is C26H31N6O2P. The van der Waals surface area contributed by atoms with Crippen molar-refractivity contribution in [1.82, 2.24) is 20.0 Å². The van der Waals surface area contributed by atoms with E-state index in [2.05, 4.69) is 68.0 Å². The van der Waals surface area contributed by atoms with Crippen LogP contribution in [-0.2, 0) is 0 Å². The molecule has 2 heterocycles. The van der Waals surface area contributed by atoms with Crippen LogP contribution in [0.4, 0.5) is 10.6 Å². The number of nitriles is 1. The maximum atomic E-state index is 13.2. The minimum atomic E-state index is -0.381. The van der Waals surface area contributed by atoms with Crippen LogP contribution in [0.25, 0.3) is 5.69 Å². The number of hydrogen-bond acceptors (Lipinski definition) is 5. The molecule has 3 atom stereocenters. The van der Waals surface area contributed by atoms with Gasteiger partial charge in [-0.1, -0.05) is 43.3 Å². The van der Waals surface area contributed by atoms with E-state index >= 15 is 0 Å². The Morgan fingerprint density at radius 3 is 2.69 bits per heavy atom. The first-order valence-electron chi connectivity index (χ1n) is 11.7. The number of aryl methyl sites for hydroxylation is 1. The van der Waals surface area contributed by atoms with Crippen molar-refractivity contribution in [3.05, 3.63) is 65.2 Å².